The second kappa shape index (κ2) is 10.0. The zero-order valence-electron chi connectivity index (χ0n) is 17.2. The average Bonchev–Trinajstić information content (AvgIpc) is 2.97. The Kier molecular flexibility index (Phi) is 8.31. The van der Waals surface area contributed by atoms with Gasteiger partial charge in [0.1, 0.15) is 23.5 Å². The van der Waals surface area contributed by atoms with E-state index in [0.717, 1.165) is 11.3 Å². The van der Waals surface area contributed by atoms with Crippen molar-refractivity contribution in [2.45, 2.75) is 52.7 Å². The third-order valence-corrected chi connectivity index (χ3v) is 3.24. The van der Waals surface area contributed by atoms with Gasteiger partial charge in [-0.3, -0.25) is 10.2 Å². The maximum absolute atomic E-state index is 12.2. The summed E-state index contributed by atoms with van der Waals surface area (Å²) in [6.07, 6.45) is -0.453. The van der Waals surface area contributed by atoms with Gasteiger partial charge in [0.2, 0.25) is 5.71 Å². The van der Waals surface area contributed by atoms with E-state index >= 15 is 0 Å². The number of hydrogen-bond acceptors (Lipinski definition) is 10. The molecule has 0 bridgehead atoms. The molecule has 0 aliphatic carbocycles. The third kappa shape index (κ3) is 9.70. The minimum Gasteiger partial charge on any atom is -0.457 e. The first-order valence-electron chi connectivity index (χ1n) is 8.52. The van der Waals surface area contributed by atoms with Crippen molar-refractivity contribution in [2.75, 3.05) is 11.9 Å². The van der Waals surface area contributed by atoms with Gasteiger partial charge in [0, 0.05) is 5.38 Å². The van der Waals surface area contributed by atoms with Crippen LogP contribution >= 0.6 is 11.3 Å². The summed E-state index contributed by atoms with van der Waals surface area (Å²) in [5.41, 5.74) is -1.85. The molecule has 0 aliphatic rings. The Morgan fingerprint density at radius 3 is 2.34 bits per heavy atom. The Balaban J connectivity index is 2.99. The highest BCUT2D eigenvalue weighted by Crippen LogP contribution is 2.19. The maximum atomic E-state index is 12.2. The second-order valence-corrected chi connectivity index (χ2v) is 8.41. The number of anilines is 1. The van der Waals surface area contributed by atoms with Gasteiger partial charge >= 0.3 is 18.2 Å². The molecule has 10 nitrogen and oxygen atoms in total. The number of ether oxygens (including phenoxy) is 3. The van der Waals surface area contributed by atoms with E-state index < -0.39 is 29.4 Å². The van der Waals surface area contributed by atoms with Crippen molar-refractivity contribution < 1.29 is 33.4 Å². The summed E-state index contributed by atoms with van der Waals surface area (Å²) in [6, 6.07) is 0. The van der Waals surface area contributed by atoms with E-state index in [0.29, 0.717) is 0 Å². The summed E-state index contributed by atoms with van der Waals surface area (Å²) in [4.78, 5) is 44.5. The molecule has 1 aromatic heterocycles. The van der Waals surface area contributed by atoms with E-state index in [1.165, 1.54) is 11.5 Å². The normalized spacial score (nSPS) is 12.0. The van der Waals surface area contributed by atoms with Crippen molar-refractivity contribution in [3.8, 4) is 0 Å². The van der Waals surface area contributed by atoms with Gasteiger partial charge in [0.05, 0.1) is 0 Å². The fourth-order valence-corrected chi connectivity index (χ4v) is 2.25. The molecular weight excluding hydrogens is 402 g/mol. The Morgan fingerprint density at radius 1 is 1.17 bits per heavy atom. The molecule has 0 saturated carbocycles. The smallest absolute Gasteiger partial charge is 0.457 e. The van der Waals surface area contributed by atoms with E-state index in [4.69, 9.17) is 14.2 Å². The van der Waals surface area contributed by atoms with E-state index in [1.54, 1.807) is 41.5 Å². The van der Waals surface area contributed by atoms with Crippen LogP contribution in [0, 0.1) is 0 Å². The monoisotopic (exact) mass is 427 g/mol. The molecule has 160 valence electrons. The summed E-state index contributed by atoms with van der Waals surface area (Å²) in [5, 5.41) is 7.54. The molecule has 0 unspecified atom stereocenters. The lowest BCUT2D eigenvalue weighted by molar-refractivity contribution is -0.134. The molecule has 0 atom stereocenters. The van der Waals surface area contributed by atoms with E-state index in [9.17, 15) is 14.4 Å². The van der Waals surface area contributed by atoms with Crippen molar-refractivity contribution >= 4 is 40.4 Å². The number of amides is 1. The summed E-state index contributed by atoms with van der Waals surface area (Å²) >= 11 is 1.01. The molecule has 0 aliphatic heterocycles. The number of nitrogens with zero attached hydrogens (tertiary/aromatic N) is 2. The van der Waals surface area contributed by atoms with Crippen LogP contribution in [-0.2, 0) is 23.8 Å². The Bertz CT molecular complexity index is 788. The SMILES string of the molecule is C=CCOC(=O)C(=NOC(=O)OC(C)(C)C)c1csc(NC(=O)OC(C)(C)C)n1. The van der Waals surface area contributed by atoms with Gasteiger partial charge < -0.3 is 14.2 Å². The van der Waals surface area contributed by atoms with Crippen molar-refractivity contribution in [3.05, 3.63) is 23.7 Å². The summed E-state index contributed by atoms with van der Waals surface area (Å²) in [7, 11) is 0. The fourth-order valence-electron chi connectivity index (χ4n) is 1.57. The molecule has 29 heavy (non-hydrogen) atoms. The number of hydrogen-bond donors (Lipinski definition) is 1. The van der Waals surface area contributed by atoms with Crippen LogP contribution in [-0.4, -0.2) is 46.7 Å². The molecule has 1 heterocycles. The van der Waals surface area contributed by atoms with Gasteiger partial charge in [0.15, 0.2) is 5.13 Å². The average molecular weight is 427 g/mol. The Hall–Kier alpha value is -2.95. The Morgan fingerprint density at radius 2 is 1.79 bits per heavy atom. The Labute approximate surface area is 172 Å². The number of thiazole rings is 1. The van der Waals surface area contributed by atoms with Crippen molar-refractivity contribution in [2.24, 2.45) is 5.16 Å². The molecule has 1 rings (SSSR count). The van der Waals surface area contributed by atoms with Crippen LogP contribution in [0.25, 0.3) is 0 Å². The highest BCUT2D eigenvalue weighted by Gasteiger charge is 2.24. The van der Waals surface area contributed by atoms with Gasteiger partial charge in [-0.1, -0.05) is 17.8 Å². The molecule has 0 aromatic carbocycles. The standard InChI is InChI=1S/C18H25N3O7S/c1-8-9-25-13(22)12(21-28-16(24)27-18(5,6)7)11-10-29-14(19-11)20-15(23)26-17(2,3)4/h8,10H,1,9H2,2-7H3,(H,19,20,23). The molecule has 0 fully saturated rings. The van der Waals surface area contributed by atoms with E-state index in [-0.39, 0.29) is 23.1 Å². The highest BCUT2D eigenvalue weighted by atomic mass is 32.1. The number of rotatable bonds is 6. The molecule has 11 heteroatoms. The van der Waals surface area contributed by atoms with Gasteiger partial charge in [-0.05, 0) is 41.5 Å². The number of carbonyl (C=O) groups excluding carboxylic acids is 3. The van der Waals surface area contributed by atoms with E-state index in [2.05, 4.69) is 26.9 Å². The molecule has 1 aromatic rings. The van der Waals surface area contributed by atoms with Crippen LogP contribution in [0.4, 0.5) is 14.7 Å². The van der Waals surface area contributed by atoms with Crippen LogP contribution in [0.15, 0.2) is 23.2 Å². The topological polar surface area (TPSA) is 125 Å². The first-order chi connectivity index (χ1) is 13.3. The summed E-state index contributed by atoms with van der Waals surface area (Å²) < 4.78 is 15.0. The molecule has 1 N–H and O–H groups in total. The van der Waals surface area contributed by atoms with Gasteiger partial charge in [-0.15, -0.1) is 11.3 Å². The second-order valence-electron chi connectivity index (χ2n) is 7.55. The van der Waals surface area contributed by atoms with Crippen molar-refractivity contribution in [1.29, 1.82) is 0 Å². The summed E-state index contributed by atoms with van der Waals surface area (Å²) in [6.45, 7) is 13.4. The van der Waals surface area contributed by atoms with E-state index in [1.807, 2.05) is 0 Å². The lowest BCUT2D eigenvalue weighted by Gasteiger charge is -2.18. The van der Waals surface area contributed by atoms with Crippen LogP contribution in [0.5, 0.6) is 0 Å². The predicted molar refractivity (Wildman–Crippen MR) is 107 cm³/mol. The quantitative estimate of drug-likeness (QED) is 0.181. The molecular formula is C18H25N3O7S. The van der Waals surface area contributed by atoms with Crippen LogP contribution in [0.1, 0.15) is 47.2 Å². The van der Waals surface area contributed by atoms with Gasteiger partial charge in [-0.25, -0.2) is 19.4 Å². The van der Waals surface area contributed by atoms with Crippen molar-refractivity contribution in [3.63, 3.8) is 0 Å². The molecule has 0 spiro atoms. The molecule has 0 saturated heterocycles. The zero-order valence-corrected chi connectivity index (χ0v) is 18.0. The first kappa shape index (κ1) is 24.1. The largest absolute Gasteiger partial charge is 0.535 e. The lowest BCUT2D eigenvalue weighted by atomic mass is 10.2. The van der Waals surface area contributed by atoms with Gasteiger partial charge in [0.25, 0.3) is 0 Å². The van der Waals surface area contributed by atoms with Crippen LogP contribution < -0.4 is 5.32 Å². The first-order valence-corrected chi connectivity index (χ1v) is 9.40. The lowest BCUT2D eigenvalue weighted by Crippen LogP contribution is -2.27. The number of carbonyl (C=O) groups is 3. The number of nitrogens with one attached hydrogen (secondary N) is 1. The number of esters is 1. The van der Waals surface area contributed by atoms with Crippen LogP contribution in [0.3, 0.4) is 0 Å². The number of oxime groups is 1. The van der Waals surface area contributed by atoms with Crippen molar-refractivity contribution in [1.82, 2.24) is 4.98 Å². The summed E-state index contributed by atoms with van der Waals surface area (Å²) in [5.74, 6) is -0.900. The third-order valence-electron chi connectivity index (χ3n) is 2.48. The zero-order chi connectivity index (χ0) is 22.2. The highest BCUT2D eigenvalue weighted by molar-refractivity contribution is 7.14. The number of aromatic nitrogens is 1. The van der Waals surface area contributed by atoms with Gasteiger partial charge in [-0.2, -0.15) is 0 Å². The van der Waals surface area contributed by atoms with Crippen LogP contribution in [0.2, 0.25) is 0 Å². The minimum atomic E-state index is -1.10. The predicted octanol–water partition coefficient (Wildman–Crippen LogP) is 3.88. The fraction of sp³-hybridized carbons (Fsp3) is 0.500. The molecule has 0 radical (unpaired) electrons. The molecule has 1 amide bonds. The minimum absolute atomic E-state index is 0.0266. The maximum Gasteiger partial charge on any atom is 0.535 e.